The Labute approximate surface area is 119 Å². The zero-order valence-electron chi connectivity index (χ0n) is 13.0. The maximum Gasteiger partial charge on any atom is 0.135 e. The van der Waals surface area contributed by atoms with Gasteiger partial charge in [0.1, 0.15) is 5.78 Å². The van der Waals surface area contributed by atoms with Gasteiger partial charge >= 0.3 is 0 Å². The van der Waals surface area contributed by atoms with E-state index in [1.807, 2.05) is 6.92 Å². The molecule has 0 amide bonds. The van der Waals surface area contributed by atoms with Gasteiger partial charge in [0, 0.05) is 12.3 Å². The molecule has 2 aliphatic carbocycles. The van der Waals surface area contributed by atoms with Crippen LogP contribution in [-0.4, -0.2) is 5.78 Å². The van der Waals surface area contributed by atoms with E-state index in [0.29, 0.717) is 11.7 Å². The number of hydrogen-bond acceptors (Lipinski definition) is 1. The summed E-state index contributed by atoms with van der Waals surface area (Å²) in [7, 11) is 0. The average molecular weight is 264 g/mol. The fraction of sp³-hybridized carbons (Fsp3) is 0.944. The van der Waals surface area contributed by atoms with Crippen LogP contribution in [0.2, 0.25) is 0 Å². The molecule has 0 saturated heterocycles. The lowest BCUT2D eigenvalue weighted by Gasteiger charge is -2.37. The molecule has 2 saturated carbocycles. The normalized spacial score (nSPS) is 36.1. The lowest BCUT2D eigenvalue weighted by Crippen LogP contribution is -2.28. The van der Waals surface area contributed by atoms with Gasteiger partial charge in [-0.05, 0) is 56.3 Å². The van der Waals surface area contributed by atoms with E-state index in [1.165, 1.54) is 64.2 Å². The number of Topliss-reactive ketones (excluding diaryl/α,β-unsaturated/α-hetero) is 1. The molecule has 0 atom stereocenters. The van der Waals surface area contributed by atoms with Gasteiger partial charge in [-0.25, -0.2) is 0 Å². The summed E-state index contributed by atoms with van der Waals surface area (Å²) in [4.78, 5) is 11.8. The quantitative estimate of drug-likeness (QED) is 0.651. The zero-order chi connectivity index (χ0) is 13.7. The van der Waals surface area contributed by atoms with Crippen LogP contribution in [0.5, 0.6) is 0 Å². The van der Waals surface area contributed by atoms with Crippen molar-refractivity contribution in [1.82, 2.24) is 0 Å². The Hall–Kier alpha value is -0.330. The Morgan fingerprint density at radius 1 is 0.842 bits per heavy atom. The fourth-order valence-electron chi connectivity index (χ4n) is 4.56. The maximum atomic E-state index is 11.8. The molecule has 0 N–H and O–H groups in total. The predicted molar refractivity (Wildman–Crippen MR) is 81.1 cm³/mol. The van der Waals surface area contributed by atoms with Crippen molar-refractivity contribution in [2.24, 2.45) is 23.7 Å². The second kappa shape index (κ2) is 7.45. The van der Waals surface area contributed by atoms with Crippen molar-refractivity contribution >= 4 is 5.78 Å². The third-order valence-corrected chi connectivity index (χ3v) is 5.83. The topological polar surface area (TPSA) is 17.1 Å². The van der Waals surface area contributed by atoms with Crippen LogP contribution in [0.3, 0.4) is 0 Å². The summed E-state index contributed by atoms with van der Waals surface area (Å²) in [5, 5.41) is 0. The largest absolute Gasteiger partial charge is 0.299 e. The number of carbonyl (C=O) groups is 1. The summed E-state index contributed by atoms with van der Waals surface area (Å²) in [5.74, 6) is 3.90. The molecular formula is C18H32O. The minimum absolute atomic E-state index is 0.415. The fourth-order valence-corrected chi connectivity index (χ4v) is 4.56. The van der Waals surface area contributed by atoms with Crippen LogP contribution < -0.4 is 0 Å². The Bertz CT molecular complexity index is 267. The van der Waals surface area contributed by atoms with Crippen LogP contribution in [0, 0.1) is 23.7 Å². The summed E-state index contributed by atoms with van der Waals surface area (Å²) < 4.78 is 0. The second-order valence-electron chi connectivity index (χ2n) is 7.00. The molecule has 110 valence electrons. The molecule has 2 aliphatic rings. The third kappa shape index (κ3) is 4.07. The van der Waals surface area contributed by atoms with Crippen LogP contribution in [-0.2, 0) is 4.79 Å². The minimum atomic E-state index is 0.415. The van der Waals surface area contributed by atoms with Crippen molar-refractivity contribution in [2.45, 2.75) is 84.5 Å². The molecule has 1 nitrogen and oxygen atoms in total. The summed E-state index contributed by atoms with van der Waals surface area (Å²) in [6.45, 7) is 4.33. The molecule has 0 aliphatic heterocycles. The third-order valence-electron chi connectivity index (χ3n) is 5.83. The van der Waals surface area contributed by atoms with Crippen LogP contribution in [0.25, 0.3) is 0 Å². The van der Waals surface area contributed by atoms with Gasteiger partial charge < -0.3 is 0 Å². The molecule has 2 rings (SSSR count). The first kappa shape index (κ1) is 15.1. The van der Waals surface area contributed by atoms with Crippen LogP contribution in [0.1, 0.15) is 84.5 Å². The van der Waals surface area contributed by atoms with Gasteiger partial charge in [0.15, 0.2) is 0 Å². The highest BCUT2D eigenvalue weighted by Crippen LogP contribution is 2.42. The SMILES string of the molecule is CCCC1CCC(C2CCC(C(=O)CC)CC2)CC1. The van der Waals surface area contributed by atoms with Crippen molar-refractivity contribution in [3.8, 4) is 0 Å². The van der Waals surface area contributed by atoms with E-state index in [0.717, 1.165) is 24.2 Å². The monoisotopic (exact) mass is 264 g/mol. The van der Waals surface area contributed by atoms with E-state index < -0.39 is 0 Å². The van der Waals surface area contributed by atoms with E-state index in [-0.39, 0.29) is 0 Å². The van der Waals surface area contributed by atoms with E-state index in [4.69, 9.17) is 0 Å². The zero-order valence-corrected chi connectivity index (χ0v) is 13.0. The lowest BCUT2D eigenvalue weighted by molar-refractivity contribution is -0.123. The van der Waals surface area contributed by atoms with Crippen molar-refractivity contribution < 1.29 is 4.79 Å². The number of ketones is 1. The van der Waals surface area contributed by atoms with Gasteiger partial charge in [0.25, 0.3) is 0 Å². The molecule has 0 bridgehead atoms. The molecule has 0 heterocycles. The van der Waals surface area contributed by atoms with Crippen molar-refractivity contribution in [2.75, 3.05) is 0 Å². The van der Waals surface area contributed by atoms with Crippen LogP contribution in [0.4, 0.5) is 0 Å². The smallest absolute Gasteiger partial charge is 0.135 e. The predicted octanol–water partition coefficient (Wildman–Crippen LogP) is 5.38. The summed E-state index contributed by atoms with van der Waals surface area (Å²) in [6, 6.07) is 0. The Morgan fingerprint density at radius 3 is 1.84 bits per heavy atom. The van der Waals surface area contributed by atoms with E-state index in [1.54, 1.807) is 0 Å². The molecule has 0 radical (unpaired) electrons. The van der Waals surface area contributed by atoms with E-state index in [9.17, 15) is 4.79 Å². The minimum Gasteiger partial charge on any atom is -0.299 e. The van der Waals surface area contributed by atoms with Gasteiger partial charge in [-0.2, -0.15) is 0 Å². The van der Waals surface area contributed by atoms with Gasteiger partial charge in [-0.1, -0.05) is 39.5 Å². The summed E-state index contributed by atoms with van der Waals surface area (Å²) in [5.41, 5.74) is 0. The van der Waals surface area contributed by atoms with Gasteiger partial charge in [0.05, 0.1) is 0 Å². The molecule has 0 aromatic heterocycles. The molecule has 0 unspecified atom stereocenters. The van der Waals surface area contributed by atoms with Crippen LogP contribution >= 0.6 is 0 Å². The maximum absolute atomic E-state index is 11.8. The molecular weight excluding hydrogens is 232 g/mol. The first-order chi connectivity index (χ1) is 9.24. The molecule has 1 heteroatoms. The van der Waals surface area contributed by atoms with Gasteiger partial charge in [0.2, 0.25) is 0 Å². The standard InChI is InChI=1S/C18H32O/c1-3-5-14-6-8-15(9-7-14)16-10-12-17(13-11-16)18(19)4-2/h14-17H,3-13H2,1-2H3. The van der Waals surface area contributed by atoms with Crippen LogP contribution in [0.15, 0.2) is 0 Å². The first-order valence-corrected chi connectivity index (χ1v) is 8.77. The molecule has 2 fully saturated rings. The van der Waals surface area contributed by atoms with Gasteiger partial charge in [-0.3, -0.25) is 4.79 Å². The summed E-state index contributed by atoms with van der Waals surface area (Å²) >= 11 is 0. The Kier molecular flexibility index (Phi) is 5.91. The Balaban J connectivity index is 1.72. The molecule has 0 aromatic rings. The highest BCUT2D eigenvalue weighted by molar-refractivity contribution is 5.80. The number of carbonyl (C=O) groups excluding carboxylic acids is 1. The number of rotatable bonds is 5. The highest BCUT2D eigenvalue weighted by Gasteiger charge is 2.32. The molecule has 0 spiro atoms. The highest BCUT2D eigenvalue weighted by atomic mass is 16.1. The Morgan fingerprint density at radius 2 is 1.37 bits per heavy atom. The van der Waals surface area contributed by atoms with Crippen molar-refractivity contribution in [3.63, 3.8) is 0 Å². The van der Waals surface area contributed by atoms with Crippen molar-refractivity contribution in [3.05, 3.63) is 0 Å². The average Bonchev–Trinajstić information content (AvgIpc) is 2.48. The van der Waals surface area contributed by atoms with Gasteiger partial charge in [-0.15, -0.1) is 0 Å². The van der Waals surface area contributed by atoms with E-state index >= 15 is 0 Å². The number of hydrogen-bond donors (Lipinski definition) is 0. The summed E-state index contributed by atoms with van der Waals surface area (Å²) in [6.07, 6.45) is 14.5. The molecule has 19 heavy (non-hydrogen) atoms. The van der Waals surface area contributed by atoms with E-state index in [2.05, 4.69) is 6.92 Å². The van der Waals surface area contributed by atoms with Crippen molar-refractivity contribution in [1.29, 1.82) is 0 Å². The second-order valence-corrected chi connectivity index (χ2v) is 7.00. The first-order valence-electron chi connectivity index (χ1n) is 8.77. The molecule has 0 aromatic carbocycles. The lowest BCUT2D eigenvalue weighted by atomic mass is 9.68.